The first-order valence-electron chi connectivity index (χ1n) is 5.11. The van der Waals surface area contributed by atoms with Crippen molar-refractivity contribution in [3.05, 3.63) is 12.5 Å². The predicted octanol–water partition coefficient (Wildman–Crippen LogP) is -0.387. The Morgan fingerprint density at radius 1 is 1.62 bits per heavy atom. The van der Waals surface area contributed by atoms with Crippen molar-refractivity contribution in [2.75, 3.05) is 6.54 Å². The highest BCUT2D eigenvalue weighted by Crippen LogP contribution is 2.30. The Morgan fingerprint density at radius 2 is 2.31 bits per heavy atom. The van der Waals surface area contributed by atoms with Gasteiger partial charge in [0, 0.05) is 19.8 Å². The molecule has 16 heavy (non-hydrogen) atoms. The number of aromatic nitrogens is 2. The Balaban J connectivity index is 2.03. The van der Waals surface area contributed by atoms with Crippen LogP contribution in [0.2, 0.25) is 0 Å². The van der Waals surface area contributed by atoms with Crippen LogP contribution in [0, 0.1) is 0 Å². The van der Waals surface area contributed by atoms with Gasteiger partial charge in [-0.1, -0.05) is 0 Å². The maximum absolute atomic E-state index is 11.7. The number of hydrogen-bond acceptors (Lipinski definition) is 4. The van der Waals surface area contributed by atoms with E-state index < -0.39 is 15.6 Å². The van der Waals surface area contributed by atoms with E-state index >= 15 is 0 Å². The lowest BCUT2D eigenvalue weighted by Crippen LogP contribution is -2.47. The number of imidazole rings is 1. The number of hydrogen-bond donors (Lipinski definition) is 2. The molecular formula is C9H15N3O3S. The van der Waals surface area contributed by atoms with Gasteiger partial charge in [0.15, 0.2) is 5.03 Å². The van der Waals surface area contributed by atoms with Crippen molar-refractivity contribution >= 4 is 10.0 Å². The van der Waals surface area contributed by atoms with E-state index in [2.05, 4.69) is 9.71 Å². The van der Waals surface area contributed by atoms with E-state index in [0.29, 0.717) is 12.8 Å². The molecule has 90 valence electrons. The maximum atomic E-state index is 11.7. The predicted molar refractivity (Wildman–Crippen MR) is 57.2 cm³/mol. The average molecular weight is 245 g/mol. The molecule has 1 aromatic heterocycles. The summed E-state index contributed by atoms with van der Waals surface area (Å²) in [7, 11) is -1.89. The minimum atomic E-state index is -3.59. The van der Waals surface area contributed by atoms with Crippen molar-refractivity contribution in [3.8, 4) is 0 Å². The lowest BCUT2D eigenvalue weighted by Gasteiger charge is -2.36. The van der Waals surface area contributed by atoms with Crippen molar-refractivity contribution in [3.63, 3.8) is 0 Å². The first-order chi connectivity index (χ1) is 7.41. The molecule has 7 heteroatoms. The lowest BCUT2D eigenvalue weighted by molar-refractivity contribution is -0.0271. The van der Waals surface area contributed by atoms with E-state index in [0.717, 1.165) is 6.42 Å². The molecule has 0 radical (unpaired) electrons. The second kappa shape index (κ2) is 3.83. The van der Waals surface area contributed by atoms with E-state index in [1.807, 2.05) is 0 Å². The normalized spacial score (nSPS) is 19.4. The van der Waals surface area contributed by atoms with E-state index in [1.165, 1.54) is 12.5 Å². The first-order valence-corrected chi connectivity index (χ1v) is 6.60. The van der Waals surface area contributed by atoms with Gasteiger partial charge >= 0.3 is 0 Å². The van der Waals surface area contributed by atoms with Crippen LogP contribution in [-0.2, 0) is 17.1 Å². The van der Waals surface area contributed by atoms with E-state index in [9.17, 15) is 13.5 Å². The number of nitrogens with one attached hydrogen (secondary N) is 1. The van der Waals surface area contributed by atoms with Crippen LogP contribution < -0.4 is 4.72 Å². The van der Waals surface area contributed by atoms with Crippen LogP contribution in [0.15, 0.2) is 17.6 Å². The van der Waals surface area contributed by atoms with E-state index in [-0.39, 0.29) is 11.6 Å². The van der Waals surface area contributed by atoms with Crippen LogP contribution in [0.1, 0.15) is 19.3 Å². The summed E-state index contributed by atoms with van der Waals surface area (Å²) >= 11 is 0. The molecule has 1 aliphatic rings. The number of aryl methyl sites for hydroxylation is 1. The molecule has 1 aromatic rings. The Labute approximate surface area is 94.4 Å². The Hall–Kier alpha value is -0.920. The molecule has 1 aliphatic carbocycles. The number of nitrogens with zero attached hydrogens (tertiary/aromatic N) is 2. The Morgan fingerprint density at radius 3 is 2.75 bits per heavy atom. The van der Waals surface area contributed by atoms with Gasteiger partial charge < -0.3 is 9.67 Å². The summed E-state index contributed by atoms with van der Waals surface area (Å²) in [6, 6.07) is 0. The molecule has 0 unspecified atom stereocenters. The van der Waals surface area contributed by atoms with Crippen LogP contribution in [-0.4, -0.2) is 35.2 Å². The van der Waals surface area contributed by atoms with E-state index in [1.54, 1.807) is 11.6 Å². The fraction of sp³-hybridized carbons (Fsp3) is 0.667. The molecule has 2 N–H and O–H groups in total. The summed E-state index contributed by atoms with van der Waals surface area (Å²) in [6.07, 6.45) is 5.09. The van der Waals surface area contributed by atoms with Gasteiger partial charge in [-0.2, -0.15) is 0 Å². The topological polar surface area (TPSA) is 84.2 Å². The standard InChI is InChI=1S/C9H15N3O3S/c1-12-5-8(10-7-12)16(14,15)11-6-9(13)3-2-4-9/h5,7,11,13H,2-4,6H2,1H3. The summed E-state index contributed by atoms with van der Waals surface area (Å²) in [4.78, 5) is 3.76. The van der Waals surface area contributed by atoms with Gasteiger partial charge in [-0.3, -0.25) is 0 Å². The van der Waals surface area contributed by atoms with Crippen molar-refractivity contribution in [2.45, 2.75) is 29.9 Å². The minimum absolute atomic E-state index is 0.0158. The minimum Gasteiger partial charge on any atom is -0.389 e. The van der Waals surface area contributed by atoms with Gasteiger partial charge in [0.2, 0.25) is 0 Å². The zero-order valence-electron chi connectivity index (χ0n) is 9.05. The molecule has 0 spiro atoms. The number of aliphatic hydroxyl groups is 1. The fourth-order valence-corrected chi connectivity index (χ4v) is 2.69. The lowest BCUT2D eigenvalue weighted by atomic mass is 9.81. The second-order valence-electron chi connectivity index (χ2n) is 4.28. The number of rotatable bonds is 4. The molecule has 0 aliphatic heterocycles. The molecule has 1 fully saturated rings. The van der Waals surface area contributed by atoms with Crippen LogP contribution >= 0.6 is 0 Å². The van der Waals surface area contributed by atoms with Crippen LogP contribution in [0.4, 0.5) is 0 Å². The van der Waals surface area contributed by atoms with Gasteiger partial charge in [-0.25, -0.2) is 18.1 Å². The SMILES string of the molecule is Cn1cnc(S(=O)(=O)NCC2(O)CCC2)c1. The molecule has 2 rings (SSSR count). The molecule has 0 atom stereocenters. The smallest absolute Gasteiger partial charge is 0.259 e. The van der Waals surface area contributed by atoms with Crippen molar-refractivity contribution in [1.82, 2.24) is 14.3 Å². The molecular weight excluding hydrogens is 230 g/mol. The molecule has 0 bridgehead atoms. The van der Waals surface area contributed by atoms with Crippen LogP contribution in [0.25, 0.3) is 0 Å². The van der Waals surface area contributed by atoms with Gasteiger partial charge in [0.25, 0.3) is 10.0 Å². The first kappa shape index (κ1) is 11.6. The molecule has 0 saturated heterocycles. The average Bonchev–Trinajstić information content (AvgIpc) is 2.60. The van der Waals surface area contributed by atoms with E-state index in [4.69, 9.17) is 0 Å². The van der Waals surface area contributed by atoms with Crippen molar-refractivity contribution in [1.29, 1.82) is 0 Å². The summed E-state index contributed by atoms with van der Waals surface area (Å²) in [5, 5.41) is 9.76. The molecule has 6 nitrogen and oxygen atoms in total. The van der Waals surface area contributed by atoms with Gasteiger partial charge in [0.1, 0.15) is 0 Å². The van der Waals surface area contributed by atoms with Gasteiger partial charge in [-0.15, -0.1) is 0 Å². The summed E-state index contributed by atoms with van der Waals surface area (Å²) in [5.74, 6) is 0. The molecule has 1 heterocycles. The monoisotopic (exact) mass is 245 g/mol. The zero-order chi connectivity index (χ0) is 11.8. The largest absolute Gasteiger partial charge is 0.389 e. The fourth-order valence-electron chi connectivity index (χ4n) is 1.59. The van der Waals surface area contributed by atoms with Crippen molar-refractivity contribution < 1.29 is 13.5 Å². The highest BCUT2D eigenvalue weighted by molar-refractivity contribution is 7.89. The molecule has 1 saturated carbocycles. The third-order valence-corrected chi connectivity index (χ3v) is 4.12. The second-order valence-corrected chi connectivity index (χ2v) is 5.99. The number of sulfonamides is 1. The summed E-state index contributed by atoms with van der Waals surface area (Å²) < 4.78 is 27.4. The molecule has 0 aromatic carbocycles. The zero-order valence-corrected chi connectivity index (χ0v) is 9.87. The van der Waals surface area contributed by atoms with Gasteiger partial charge in [-0.05, 0) is 19.3 Å². The summed E-state index contributed by atoms with van der Waals surface area (Å²) in [6.45, 7) is 0.0614. The van der Waals surface area contributed by atoms with Gasteiger partial charge in [0.05, 0.1) is 11.9 Å². The highest BCUT2D eigenvalue weighted by Gasteiger charge is 2.35. The quantitative estimate of drug-likeness (QED) is 0.757. The molecule has 0 amide bonds. The van der Waals surface area contributed by atoms with Crippen LogP contribution in [0.3, 0.4) is 0 Å². The maximum Gasteiger partial charge on any atom is 0.259 e. The third-order valence-electron chi connectivity index (χ3n) is 2.83. The van der Waals surface area contributed by atoms with Crippen molar-refractivity contribution in [2.24, 2.45) is 7.05 Å². The summed E-state index contributed by atoms with van der Waals surface area (Å²) in [5.41, 5.74) is -0.859. The Kier molecular flexibility index (Phi) is 2.77. The third kappa shape index (κ3) is 2.26. The highest BCUT2D eigenvalue weighted by atomic mass is 32.2. The Bertz CT molecular complexity index is 476. The van der Waals surface area contributed by atoms with Crippen LogP contribution in [0.5, 0.6) is 0 Å².